The number of anilines is 2. The predicted molar refractivity (Wildman–Crippen MR) is 269 cm³/mol. The number of azo groups is 2. The molecule has 1 aliphatic carbocycles. The van der Waals surface area contributed by atoms with Gasteiger partial charge in [0.2, 0.25) is 0 Å². The number of halogens is 2. The fourth-order valence-electron chi connectivity index (χ4n) is 8.00. The Morgan fingerprint density at radius 3 is 1.46 bits per heavy atom. The van der Waals surface area contributed by atoms with Gasteiger partial charge in [0.05, 0.1) is 43.9 Å². The van der Waals surface area contributed by atoms with Crippen LogP contribution in [0.4, 0.5) is 34.1 Å². The lowest BCUT2D eigenvalue weighted by Crippen LogP contribution is -2.12. The van der Waals surface area contributed by atoms with E-state index in [9.17, 15) is 24.6 Å². The number of phenols is 2. The number of carbonyl (C=O) groups excluding carboxylic acids is 3. The number of phenolic OH excluding ortho intramolecular Hbond substituents is 2. The maximum atomic E-state index is 13.8. The number of hydrogen-bond donors (Lipinski definition) is 4. The number of nitrogens with zero attached hydrogens (tertiary/aromatic N) is 4. The van der Waals surface area contributed by atoms with Gasteiger partial charge in [-0.2, -0.15) is 10.2 Å². The SMILES string of the molecule is O=C1c2cc(C=Cc3ccc(N=Nc4c(O)c(C(=O)Nc5ccccc5Cl)cc5ccccc45)cc3)ccc2-c2ccc(N=Nc3c(O)c(C(=O)Nc4ccccc4Cl)cc4ccccc34)cc21. The van der Waals surface area contributed by atoms with Crippen LogP contribution in [-0.2, 0) is 0 Å². The number of ketones is 1. The van der Waals surface area contributed by atoms with Crippen LogP contribution in [0.25, 0.3) is 44.8 Å². The van der Waals surface area contributed by atoms with Gasteiger partial charge in [0.25, 0.3) is 11.8 Å². The second kappa shape index (κ2) is 18.2. The van der Waals surface area contributed by atoms with E-state index in [0.717, 1.165) is 22.3 Å². The molecule has 0 radical (unpaired) electrons. The van der Waals surface area contributed by atoms with E-state index in [0.29, 0.717) is 65.5 Å². The van der Waals surface area contributed by atoms with Gasteiger partial charge in [0.15, 0.2) is 17.3 Å². The normalized spacial score (nSPS) is 12.1. The summed E-state index contributed by atoms with van der Waals surface area (Å²) < 4.78 is 0. The molecule has 0 unspecified atom stereocenters. The van der Waals surface area contributed by atoms with E-state index < -0.39 is 11.8 Å². The zero-order valence-corrected chi connectivity index (χ0v) is 37.0. The Bertz CT molecular complexity index is 3650. The summed E-state index contributed by atoms with van der Waals surface area (Å²) in [5, 5.41) is 49.1. The first-order valence-electron chi connectivity index (χ1n) is 21.2. The van der Waals surface area contributed by atoms with Crippen LogP contribution in [0.3, 0.4) is 0 Å². The Hall–Kier alpha value is -8.77. The molecule has 11 nitrogen and oxygen atoms in total. The molecule has 2 amide bonds. The third-order valence-electron chi connectivity index (χ3n) is 11.4. The summed E-state index contributed by atoms with van der Waals surface area (Å²) in [6.45, 7) is 0. The first-order valence-corrected chi connectivity index (χ1v) is 21.9. The van der Waals surface area contributed by atoms with Gasteiger partial charge in [-0.25, -0.2) is 0 Å². The number of fused-ring (bicyclic) bond motifs is 5. The van der Waals surface area contributed by atoms with Crippen molar-refractivity contribution in [2.45, 2.75) is 0 Å². The van der Waals surface area contributed by atoms with E-state index in [2.05, 4.69) is 31.1 Å². The van der Waals surface area contributed by atoms with Gasteiger partial charge in [-0.05, 0) is 99.8 Å². The van der Waals surface area contributed by atoms with Crippen LogP contribution in [0.1, 0.15) is 47.8 Å². The molecule has 1 aliphatic rings. The van der Waals surface area contributed by atoms with E-state index in [-0.39, 0.29) is 39.8 Å². The Labute approximate surface area is 398 Å². The molecule has 0 bridgehead atoms. The molecule has 9 aromatic carbocycles. The van der Waals surface area contributed by atoms with Crippen molar-refractivity contribution >= 4 is 109 Å². The lowest BCUT2D eigenvalue weighted by molar-refractivity contribution is 0.101. The van der Waals surface area contributed by atoms with Crippen LogP contribution < -0.4 is 10.6 Å². The van der Waals surface area contributed by atoms with Gasteiger partial charge in [0, 0.05) is 21.9 Å². The Kier molecular flexibility index (Phi) is 11.6. The van der Waals surface area contributed by atoms with Crippen molar-refractivity contribution in [1.82, 2.24) is 0 Å². The minimum Gasteiger partial charge on any atom is -0.505 e. The average Bonchev–Trinajstić information content (AvgIpc) is 3.63. The Balaban J connectivity index is 0.846. The second-order valence-corrected chi connectivity index (χ2v) is 16.6. The predicted octanol–water partition coefficient (Wildman–Crippen LogP) is 15.4. The number of rotatable bonds is 10. The van der Waals surface area contributed by atoms with Crippen LogP contribution >= 0.6 is 23.2 Å². The zero-order valence-electron chi connectivity index (χ0n) is 35.5. The fourth-order valence-corrected chi connectivity index (χ4v) is 8.36. The molecule has 9 aromatic rings. The summed E-state index contributed by atoms with van der Waals surface area (Å²) >= 11 is 12.5. The highest BCUT2D eigenvalue weighted by molar-refractivity contribution is 6.34. The quantitative estimate of drug-likeness (QED) is 0.0790. The standard InChI is InChI=1S/C55H34Cl2N6O5/c56-45-13-5-7-15-47(45)58-54(67)43-28-33-9-1-3-11-37(33)49(52(43)65)62-60-35-22-19-31(20-23-35)17-18-32-21-25-39-40-26-24-36(30-42(40)51(64)41(39)27-32)61-63-50-38-12-4-2-10-34(38)29-44(53(50)66)55(68)59-48-16-8-6-14-46(48)57/h1-30,65-66H,(H,58,67)(H,59,68). The number of para-hydroxylation sites is 2. The van der Waals surface area contributed by atoms with Gasteiger partial charge in [-0.3, -0.25) is 14.4 Å². The summed E-state index contributed by atoms with van der Waals surface area (Å²) in [6.07, 6.45) is 3.83. The molecular weight excluding hydrogens is 896 g/mol. The lowest BCUT2D eigenvalue weighted by atomic mass is 10.0. The third-order valence-corrected chi connectivity index (χ3v) is 12.1. The summed E-state index contributed by atoms with van der Waals surface area (Å²) in [6, 6.07) is 49.6. The van der Waals surface area contributed by atoms with Gasteiger partial charge in [-0.1, -0.05) is 138 Å². The van der Waals surface area contributed by atoms with E-state index in [1.54, 1.807) is 103 Å². The van der Waals surface area contributed by atoms with Gasteiger partial charge in [0.1, 0.15) is 11.4 Å². The third kappa shape index (κ3) is 8.46. The van der Waals surface area contributed by atoms with Crippen LogP contribution in [0.5, 0.6) is 11.5 Å². The lowest BCUT2D eigenvalue weighted by Gasteiger charge is -2.12. The minimum absolute atomic E-state index is 0.00468. The maximum Gasteiger partial charge on any atom is 0.259 e. The smallest absolute Gasteiger partial charge is 0.259 e. The van der Waals surface area contributed by atoms with Gasteiger partial charge in [-0.15, -0.1) is 10.2 Å². The highest BCUT2D eigenvalue weighted by Gasteiger charge is 2.27. The minimum atomic E-state index is -0.569. The van der Waals surface area contributed by atoms with Crippen molar-refractivity contribution in [2.75, 3.05) is 10.6 Å². The molecule has 13 heteroatoms. The molecule has 0 aromatic heterocycles. The van der Waals surface area contributed by atoms with Crippen LogP contribution in [0.15, 0.2) is 190 Å². The number of carbonyl (C=O) groups is 3. The van der Waals surface area contributed by atoms with Crippen molar-refractivity contribution in [3.8, 4) is 22.6 Å². The highest BCUT2D eigenvalue weighted by atomic mass is 35.5. The molecule has 68 heavy (non-hydrogen) atoms. The molecule has 4 N–H and O–H groups in total. The Morgan fingerprint density at radius 2 is 0.897 bits per heavy atom. The van der Waals surface area contributed by atoms with E-state index in [1.807, 2.05) is 78.9 Å². The van der Waals surface area contributed by atoms with E-state index in [1.165, 1.54) is 0 Å². The van der Waals surface area contributed by atoms with Crippen molar-refractivity contribution in [2.24, 2.45) is 20.5 Å². The molecule has 328 valence electrons. The van der Waals surface area contributed by atoms with Crippen molar-refractivity contribution < 1.29 is 24.6 Å². The zero-order chi connectivity index (χ0) is 46.9. The van der Waals surface area contributed by atoms with E-state index in [4.69, 9.17) is 23.2 Å². The maximum absolute atomic E-state index is 13.8. The molecule has 0 heterocycles. The van der Waals surface area contributed by atoms with E-state index >= 15 is 0 Å². The summed E-state index contributed by atoms with van der Waals surface area (Å²) in [5.74, 6) is -1.94. The van der Waals surface area contributed by atoms with Crippen molar-refractivity contribution in [3.63, 3.8) is 0 Å². The molecule has 0 aliphatic heterocycles. The highest BCUT2D eigenvalue weighted by Crippen LogP contribution is 2.43. The molecular formula is C55H34Cl2N6O5. The first kappa shape index (κ1) is 43.1. The summed E-state index contributed by atoms with van der Waals surface area (Å²) in [7, 11) is 0. The second-order valence-electron chi connectivity index (χ2n) is 15.7. The van der Waals surface area contributed by atoms with Crippen molar-refractivity contribution in [1.29, 1.82) is 0 Å². The number of hydrogen-bond acceptors (Lipinski definition) is 9. The molecule has 0 fully saturated rings. The molecule has 0 spiro atoms. The summed E-state index contributed by atoms with van der Waals surface area (Å²) in [4.78, 5) is 40.5. The van der Waals surface area contributed by atoms with Crippen LogP contribution in [0.2, 0.25) is 10.0 Å². The average molecular weight is 930 g/mol. The monoisotopic (exact) mass is 928 g/mol. The van der Waals surface area contributed by atoms with Gasteiger partial charge >= 0.3 is 0 Å². The first-order chi connectivity index (χ1) is 33.1. The topological polar surface area (TPSA) is 165 Å². The number of nitrogens with one attached hydrogen (secondary N) is 2. The van der Waals surface area contributed by atoms with Crippen LogP contribution in [-0.4, -0.2) is 27.8 Å². The molecule has 0 atom stereocenters. The molecule has 0 saturated heterocycles. The van der Waals surface area contributed by atoms with Crippen molar-refractivity contribution in [3.05, 3.63) is 213 Å². The number of amides is 2. The fraction of sp³-hybridized carbons (Fsp3) is 0. The Morgan fingerprint density at radius 1 is 0.456 bits per heavy atom. The summed E-state index contributed by atoms with van der Waals surface area (Å²) in [5.41, 5.74) is 6.25. The molecule has 10 rings (SSSR count). The molecule has 0 saturated carbocycles. The number of aromatic hydroxyl groups is 2. The number of benzene rings is 9. The largest absolute Gasteiger partial charge is 0.505 e. The van der Waals surface area contributed by atoms with Gasteiger partial charge < -0.3 is 20.8 Å². The van der Waals surface area contributed by atoms with Crippen LogP contribution in [0, 0.1) is 0 Å².